The molecular formula is C12H8BrClN2OS. The summed E-state index contributed by atoms with van der Waals surface area (Å²) in [5.74, 6) is -0.216. The molecule has 0 saturated carbocycles. The second kappa shape index (κ2) is 6.13. The highest BCUT2D eigenvalue weighted by atomic mass is 79.9. The third-order valence-corrected chi connectivity index (χ3v) is 3.65. The van der Waals surface area contributed by atoms with Crippen LogP contribution in [0.3, 0.4) is 0 Å². The van der Waals surface area contributed by atoms with Crippen LogP contribution in [0.2, 0.25) is 5.02 Å². The topological polar surface area (TPSA) is 42.0 Å². The van der Waals surface area contributed by atoms with Gasteiger partial charge < -0.3 is 0 Å². The number of aromatic nitrogens is 1. The number of rotatable bonds is 3. The molecule has 92 valence electrons. The lowest BCUT2D eigenvalue weighted by molar-refractivity contribution is -0.111. The Morgan fingerprint density at radius 3 is 2.72 bits per heavy atom. The highest BCUT2D eigenvalue weighted by molar-refractivity contribution is 9.11. The lowest BCUT2D eigenvalue weighted by Gasteiger charge is -1.96. The van der Waals surface area contributed by atoms with Gasteiger partial charge >= 0.3 is 0 Å². The van der Waals surface area contributed by atoms with Crippen molar-refractivity contribution in [2.75, 3.05) is 5.32 Å². The van der Waals surface area contributed by atoms with E-state index >= 15 is 0 Å². The van der Waals surface area contributed by atoms with Crippen molar-refractivity contribution in [2.24, 2.45) is 0 Å². The Morgan fingerprint density at radius 1 is 1.39 bits per heavy atom. The molecule has 3 nitrogen and oxygen atoms in total. The average Bonchev–Trinajstić information content (AvgIpc) is 2.74. The summed E-state index contributed by atoms with van der Waals surface area (Å²) < 4.78 is 0.875. The van der Waals surface area contributed by atoms with Gasteiger partial charge in [-0.05, 0) is 39.7 Å². The minimum absolute atomic E-state index is 0.216. The van der Waals surface area contributed by atoms with E-state index in [0.29, 0.717) is 10.2 Å². The van der Waals surface area contributed by atoms with Crippen LogP contribution >= 0.6 is 38.9 Å². The van der Waals surface area contributed by atoms with Crippen LogP contribution in [0, 0.1) is 0 Å². The second-order valence-corrected chi connectivity index (χ2v) is 6.19. The van der Waals surface area contributed by atoms with Crippen molar-refractivity contribution in [3.63, 3.8) is 0 Å². The van der Waals surface area contributed by atoms with Crippen LogP contribution in [-0.2, 0) is 4.79 Å². The first kappa shape index (κ1) is 13.3. The number of amides is 1. The van der Waals surface area contributed by atoms with Crippen molar-refractivity contribution >= 4 is 56.0 Å². The summed E-state index contributed by atoms with van der Waals surface area (Å²) in [6, 6.07) is 7.23. The molecule has 1 amide bonds. The van der Waals surface area contributed by atoms with Crippen LogP contribution in [-0.4, -0.2) is 10.9 Å². The molecule has 1 N–H and O–H groups in total. The zero-order valence-corrected chi connectivity index (χ0v) is 12.2. The van der Waals surface area contributed by atoms with E-state index in [9.17, 15) is 4.79 Å². The quantitative estimate of drug-likeness (QED) is 0.848. The molecule has 18 heavy (non-hydrogen) atoms. The lowest BCUT2D eigenvalue weighted by Crippen LogP contribution is -2.06. The summed E-state index contributed by atoms with van der Waals surface area (Å²) >= 11 is 10.4. The second-order valence-electron chi connectivity index (χ2n) is 3.34. The van der Waals surface area contributed by atoms with Crippen molar-refractivity contribution in [3.05, 3.63) is 50.9 Å². The first-order chi connectivity index (χ1) is 8.63. The van der Waals surface area contributed by atoms with Crippen LogP contribution in [0.5, 0.6) is 0 Å². The minimum atomic E-state index is -0.216. The van der Waals surface area contributed by atoms with Crippen molar-refractivity contribution in [1.82, 2.24) is 4.98 Å². The fourth-order valence-corrected chi connectivity index (χ4v) is 2.44. The third kappa shape index (κ3) is 3.94. The molecule has 0 atom stereocenters. The molecule has 1 aromatic carbocycles. The first-order valence-electron chi connectivity index (χ1n) is 4.99. The normalized spacial score (nSPS) is 10.8. The molecule has 2 rings (SSSR count). The number of hydrogen-bond acceptors (Lipinski definition) is 3. The Labute approximate surface area is 122 Å². The number of anilines is 1. The third-order valence-electron chi connectivity index (χ3n) is 2.00. The number of benzene rings is 1. The number of halogens is 2. The molecule has 0 saturated heterocycles. The monoisotopic (exact) mass is 342 g/mol. The van der Waals surface area contributed by atoms with Gasteiger partial charge in [-0.1, -0.05) is 35.1 Å². The molecule has 1 heterocycles. The predicted octanol–water partition coefficient (Wildman–Crippen LogP) is 4.21. The Balaban J connectivity index is 1.96. The lowest BCUT2D eigenvalue weighted by atomic mass is 10.2. The van der Waals surface area contributed by atoms with Crippen molar-refractivity contribution in [1.29, 1.82) is 0 Å². The van der Waals surface area contributed by atoms with E-state index in [1.54, 1.807) is 24.4 Å². The smallest absolute Gasteiger partial charge is 0.250 e. The summed E-state index contributed by atoms with van der Waals surface area (Å²) in [6.45, 7) is 0. The molecule has 0 aliphatic carbocycles. The predicted molar refractivity (Wildman–Crippen MR) is 78.9 cm³/mol. The highest BCUT2D eigenvalue weighted by Crippen LogP contribution is 2.23. The Hall–Kier alpha value is -1.17. The molecular weight excluding hydrogens is 336 g/mol. The summed E-state index contributed by atoms with van der Waals surface area (Å²) in [5, 5.41) is 3.90. The van der Waals surface area contributed by atoms with Crippen molar-refractivity contribution in [2.45, 2.75) is 0 Å². The van der Waals surface area contributed by atoms with E-state index in [1.165, 1.54) is 17.4 Å². The van der Waals surface area contributed by atoms with Crippen LogP contribution in [0.25, 0.3) is 6.08 Å². The summed E-state index contributed by atoms with van der Waals surface area (Å²) in [7, 11) is 0. The van der Waals surface area contributed by atoms with Gasteiger partial charge in [-0.25, -0.2) is 4.98 Å². The van der Waals surface area contributed by atoms with Crippen molar-refractivity contribution in [3.8, 4) is 0 Å². The minimum Gasteiger partial charge on any atom is -0.298 e. The zero-order valence-electron chi connectivity index (χ0n) is 9.06. The van der Waals surface area contributed by atoms with Crippen LogP contribution in [0.15, 0.2) is 40.3 Å². The maximum absolute atomic E-state index is 11.6. The molecule has 2 aromatic rings. The number of nitrogens with zero attached hydrogens (tertiary/aromatic N) is 1. The van der Waals surface area contributed by atoms with Crippen LogP contribution in [0.1, 0.15) is 5.56 Å². The van der Waals surface area contributed by atoms with Gasteiger partial charge in [-0.3, -0.25) is 10.1 Å². The maximum Gasteiger partial charge on any atom is 0.250 e. The Morgan fingerprint density at radius 2 is 2.11 bits per heavy atom. The van der Waals surface area contributed by atoms with Crippen LogP contribution < -0.4 is 5.32 Å². The van der Waals surface area contributed by atoms with E-state index in [-0.39, 0.29) is 5.91 Å². The Bertz CT molecular complexity index is 580. The number of nitrogens with one attached hydrogen (secondary N) is 1. The Kier molecular flexibility index (Phi) is 4.52. The van der Waals surface area contributed by atoms with Gasteiger partial charge in [-0.2, -0.15) is 0 Å². The average molecular weight is 344 g/mol. The van der Waals surface area contributed by atoms with E-state index in [0.717, 1.165) is 9.35 Å². The largest absolute Gasteiger partial charge is 0.298 e. The standard InChI is InChI=1S/C12H8BrClN2OS/c13-10-7-15-12(18-10)16-11(17)6-3-8-1-4-9(14)5-2-8/h1-7H,(H,15,16,17)/b6-3+. The van der Waals surface area contributed by atoms with Gasteiger partial charge in [0.1, 0.15) is 0 Å². The molecule has 0 aliphatic rings. The number of hydrogen-bond donors (Lipinski definition) is 1. The fourth-order valence-electron chi connectivity index (χ4n) is 1.21. The molecule has 6 heteroatoms. The van der Waals surface area contributed by atoms with Gasteiger partial charge in [0.25, 0.3) is 0 Å². The van der Waals surface area contributed by atoms with E-state index in [2.05, 4.69) is 26.2 Å². The molecule has 0 spiro atoms. The van der Waals surface area contributed by atoms with Gasteiger partial charge in [0, 0.05) is 11.1 Å². The first-order valence-corrected chi connectivity index (χ1v) is 6.98. The van der Waals surface area contributed by atoms with E-state index in [1.807, 2.05) is 12.1 Å². The maximum atomic E-state index is 11.6. The molecule has 0 aliphatic heterocycles. The number of thiazole rings is 1. The summed E-state index contributed by atoms with van der Waals surface area (Å²) in [5.41, 5.74) is 0.912. The molecule has 0 fully saturated rings. The van der Waals surface area contributed by atoms with Gasteiger partial charge in [0.2, 0.25) is 5.91 Å². The van der Waals surface area contributed by atoms with Gasteiger partial charge in [0.15, 0.2) is 5.13 Å². The fraction of sp³-hybridized carbons (Fsp3) is 0. The molecule has 0 bridgehead atoms. The number of carbonyl (C=O) groups excluding carboxylic acids is 1. The van der Waals surface area contributed by atoms with Crippen LogP contribution in [0.4, 0.5) is 5.13 Å². The van der Waals surface area contributed by atoms with E-state index in [4.69, 9.17) is 11.6 Å². The number of carbonyl (C=O) groups is 1. The SMILES string of the molecule is O=C(/C=C/c1ccc(Cl)cc1)Nc1ncc(Br)s1. The van der Waals surface area contributed by atoms with Crippen molar-refractivity contribution < 1.29 is 4.79 Å². The van der Waals surface area contributed by atoms with Gasteiger partial charge in [-0.15, -0.1) is 0 Å². The summed E-state index contributed by atoms with van der Waals surface area (Å²) in [6.07, 6.45) is 4.82. The highest BCUT2D eigenvalue weighted by Gasteiger charge is 2.02. The zero-order chi connectivity index (χ0) is 13.0. The molecule has 0 radical (unpaired) electrons. The molecule has 1 aromatic heterocycles. The van der Waals surface area contributed by atoms with E-state index < -0.39 is 0 Å². The van der Waals surface area contributed by atoms with Gasteiger partial charge in [0.05, 0.1) is 9.98 Å². The summed E-state index contributed by atoms with van der Waals surface area (Å²) in [4.78, 5) is 15.6. The molecule has 0 unspecified atom stereocenters.